The summed E-state index contributed by atoms with van der Waals surface area (Å²) in [6.45, 7) is 3.55. The Kier molecular flexibility index (Phi) is 8.06. The molecule has 0 unspecified atom stereocenters. The number of aromatic nitrogens is 1. The monoisotopic (exact) mass is 608 g/mol. The van der Waals surface area contributed by atoms with Crippen LogP contribution in [0.2, 0.25) is 5.02 Å². The molecule has 1 atom stereocenters. The fraction of sp³-hybridized carbons (Fsp3) is 0.200. The van der Waals surface area contributed by atoms with E-state index in [-0.39, 0.29) is 22.8 Å². The van der Waals surface area contributed by atoms with E-state index >= 15 is 0 Å². The number of esters is 1. The van der Waals surface area contributed by atoms with Gasteiger partial charge in [-0.15, -0.1) is 0 Å². The third-order valence-corrected chi connectivity index (χ3v) is 7.93. The van der Waals surface area contributed by atoms with Crippen molar-refractivity contribution < 1.29 is 33.3 Å². The number of benzene rings is 2. The van der Waals surface area contributed by atoms with E-state index in [4.69, 9.17) is 30.2 Å². The van der Waals surface area contributed by atoms with Crippen molar-refractivity contribution >= 4 is 41.0 Å². The number of hydrogen-bond acceptors (Lipinski definition) is 9. The molecule has 2 aromatic carbocycles. The van der Waals surface area contributed by atoms with Crippen LogP contribution in [-0.4, -0.2) is 42.4 Å². The van der Waals surface area contributed by atoms with Gasteiger partial charge in [-0.1, -0.05) is 29.0 Å². The molecule has 0 fully saturated rings. The maximum atomic E-state index is 13.9. The summed E-state index contributed by atoms with van der Waals surface area (Å²) in [7, 11) is 3.03. The summed E-state index contributed by atoms with van der Waals surface area (Å²) < 4.78 is 24.1. The van der Waals surface area contributed by atoms with E-state index in [9.17, 15) is 19.5 Å². The molecule has 4 aromatic rings. The van der Waals surface area contributed by atoms with Gasteiger partial charge < -0.3 is 23.7 Å². The highest BCUT2D eigenvalue weighted by molar-refractivity contribution is 7.07. The normalized spacial score (nSPS) is 14.8. The molecule has 0 spiro atoms. The lowest BCUT2D eigenvalue weighted by molar-refractivity contribution is -0.139. The second-order valence-electron chi connectivity index (χ2n) is 9.11. The second-order valence-corrected chi connectivity index (χ2v) is 10.5. The third-order valence-electron chi connectivity index (χ3n) is 6.63. The smallest absolute Gasteiger partial charge is 0.338 e. The number of fused-ring (bicyclic) bond motifs is 1. The summed E-state index contributed by atoms with van der Waals surface area (Å²) in [6, 6.07) is 12.1. The fourth-order valence-electron chi connectivity index (χ4n) is 4.70. The summed E-state index contributed by atoms with van der Waals surface area (Å²) in [5, 5.41) is 9.31. The first-order valence-electron chi connectivity index (χ1n) is 12.7. The number of furan rings is 1. The minimum absolute atomic E-state index is 0.0204. The number of rotatable bonds is 8. The van der Waals surface area contributed by atoms with Crippen molar-refractivity contribution in [3.63, 3.8) is 0 Å². The van der Waals surface area contributed by atoms with Gasteiger partial charge in [0.2, 0.25) is 0 Å². The van der Waals surface area contributed by atoms with Gasteiger partial charge in [-0.3, -0.25) is 9.36 Å². The average Bonchev–Trinajstić information content (AvgIpc) is 3.56. The van der Waals surface area contributed by atoms with Crippen molar-refractivity contribution in [1.29, 1.82) is 0 Å². The zero-order valence-corrected chi connectivity index (χ0v) is 24.5. The molecule has 1 N–H and O–H groups in total. The predicted octanol–water partition coefficient (Wildman–Crippen LogP) is 4.43. The van der Waals surface area contributed by atoms with Crippen LogP contribution in [-0.2, 0) is 9.53 Å². The number of carboxylic acid groups (broad SMARTS) is 1. The molecule has 42 heavy (non-hydrogen) atoms. The molecule has 216 valence electrons. The summed E-state index contributed by atoms with van der Waals surface area (Å²) in [5.74, 6) is 0.0674. The first-order chi connectivity index (χ1) is 20.2. The van der Waals surface area contributed by atoms with Crippen LogP contribution >= 0.6 is 22.9 Å². The van der Waals surface area contributed by atoms with Crippen molar-refractivity contribution in [2.75, 3.05) is 20.8 Å². The molecule has 1 aliphatic heterocycles. The first kappa shape index (κ1) is 28.9. The first-order valence-corrected chi connectivity index (χ1v) is 13.9. The van der Waals surface area contributed by atoms with E-state index in [0.717, 1.165) is 11.3 Å². The van der Waals surface area contributed by atoms with Gasteiger partial charge in [-0.25, -0.2) is 14.6 Å². The largest absolute Gasteiger partial charge is 0.497 e. The minimum atomic E-state index is -1.13. The van der Waals surface area contributed by atoms with Crippen LogP contribution in [0.25, 0.3) is 17.4 Å². The van der Waals surface area contributed by atoms with Crippen LogP contribution < -0.4 is 24.4 Å². The molecule has 3 heterocycles. The van der Waals surface area contributed by atoms with Crippen molar-refractivity contribution in [3.8, 4) is 22.8 Å². The molecule has 0 saturated heterocycles. The lowest BCUT2D eigenvalue weighted by Crippen LogP contribution is -2.40. The highest BCUT2D eigenvalue weighted by Crippen LogP contribution is 2.38. The van der Waals surface area contributed by atoms with Crippen LogP contribution in [0.15, 0.2) is 74.0 Å². The number of hydrogen-bond donors (Lipinski definition) is 1. The molecule has 0 radical (unpaired) electrons. The van der Waals surface area contributed by atoms with Crippen molar-refractivity contribution in [1.82, 2.24) is 4.57 Å². The minimum Gasteiger partial charge on any atom is -0.497 e. The number of carbonyl (C=O) groups excluding carboxylic acids is 1. The van der Waals surface area contributed by atoms with Crippen molar-refractivity contribution in [2.45, 2.75) is 19.9 Å². The quantitative estimate of drug-likeness (QED) is 0.291. The summed E-state index contributed by atoms with van der Waals surface area (Å²) in [6.07, 6.45) is 1.59. The average molecular weight is 609 g/mol. The molecule has 0 saturated carbocycles. The van der Waals surface area contributed by atoms with Crippen molar-refractivity contribution in [3.05, 3.63) is 101 Å². The predicted molar refractivity (Wildman–Crippen MR) is 156 cm³/mol. The lowest BCUT2D eigenvalue weighted by atomic mass is 9.95. The summed E-state index contributed by atoms with van der Waals surface area (Å²) >= 11 is 7.27. The number of allylic oxidation sites excluding steroid dienone is 1. The Hall–Kier alpha value is -4.61. The number of carbonyl (C=O) groups is 2. The molecular formula is C30H25ClN2O8S. The highest BCUT2D eigenvalue weighted by atomic mass is 35.5. The van der Waals surface area contributed by atoms with Crippen LogP contribution in [0, 0.1) is 0 Å². The maximum Gasteiger partial charge on any atom is 0.338 e. The Bertz CT molecular complexity index is 1930. The molecule has 10 nitrogen and oxygen atoms in total. The Balaban J connectivity index is 1.65. The van der Waals surface area contributed by atoms with Gasteiger partial charge in [0.25, 0.3) is 5.56 Å². The Morgan fingerprint density at radius 2 is 1.93 bits per heavy atom. The van der Waals surface area contributed by atoms with Crippen LogP contribution in [0.3, 0.4) is 0 Å². The molecule has 0 bridgehead atoms. The van der Waals surface area contributed by atoms with Gasteiger partial charge in [-0.2, -0.15) is 0 Å². The summed E-state index contributed by atoms with van der Waals surface area (Å²) in [5.41, 5.74) is 1.32. The van der Waals surface area contributed by atoms with Crippen LogP contribution in [0.4, 0.5) is 0 Å². The third kappa shape index (κ3) is 5.24. The molecule has 5 rings (SSSR count). The van der Waals surface area contributed by atoms with Crippen molar-refractivity contribution in [2.24, 2.45) is 4.99 Å². The molecule has 2 aromatic heterocycles. The molecular weight excluding hydrogens is 584 g/mol. The van der Waals surface area contributed by atoms with E-state index < -0.39 is 23.5 Å². The zero-order chi connectivity index (χ0) is 30.1. The van der Waals surface area contributed by atoms with Crippen LogP contribution in [0.5, 0.6) is 11.5 Å². The molecule has 0 amide bonds. The number of halogens is 1. The number of carboxylic acids is 1. The number of methoxy groups -OCH3 is 2. The highest BCUT2D eigenvalue weighted by Gasteiger charge is 2.35. The Labute approximate surface area is 248 Å². The number of aromatic carboxylic acids is 1. The van der Waals surface area contributed by atoms with E-state index in [1.807, 2.05) is 0 Å². The molecule has 1 aliphatic rings. The van der Waals surface area contributed by atoms with E-state index in [2.05, 4.69) is 4.99 Å². The van der Waals surface area contributed by atoms with Gasteiger partial charge >= 0.3 is 11.9 Å². The zero-order valence-electron chi connectivity index (χ0n) is 23.0. The second kappa shape index (κ2) is 11.7. The lowest BCUT2D eigenvalue weighted by Gasteiger charge is -2.26. The van der Waals surface area contributed by atoms with Crippen LogP contribution in [0.1, 0.15) is 41.6 Å². The van der Waals surface area contributed by atoms with Gasteiger partial charge in [0.05, 0.1) is 47.2 Å². The van der Waals surface area contributed by atoms with E-state index in [1.54, 1.807) is 56.3 Å². The van der Waals surface area contributed by atoms with Gasteiger partial charge in [0.15, 0.2) is 4.80 Å². The Morgan fingerprint density at radius 1 is 1.14 bits per heavy atom. The maximum absolute atomic E-state index is 13.9. The molecule has 12 heteroatoms. The number of ether oxygens (including phenoxy) is 3. The van der Waals surface area contributed by atoms with Gasteiger partial charge in [-0.05, 0) is 56.3 Å². The fourth-order valence-corrected chi connectivity index (χ4v) is 5.98. The number of nitrogens with zero attached hydrogens (tertiary/aromatic N) is 2. The standard InChI is InChI=1S/C30H25ClN2O8S/c1-5-40-29(37)25-15(2)32-30-33(26(25)20-13-17(38-3)7-11-23(20)39-4)27(34)24(42-30)14-18-8-10-22(41-18)16-6-9-19(28(35)36)21(31)12-16/h6-14,26H,5H2,1-4H3,(H,35,36)/b24-14-/t26-/m1/s1. The number of thiazole rings is 1. The van der Waals surface area contributed by atoms with Gasteiger partial charge in [0, 0.05) is 17.2 Å². The van der Waals surface area contributed by atoms with E-state index in [0.29, 0.717) is 49.2 Å². The Morgan fingerprint density at radius 3 is 2.60 bits per heavy atom. The molecule has 0 aliphatic carbocycles. The summed E-state index contributed by atoms with van der Waals surface area (Å²) in [4.78, 5) is 43.4. The SMILES string of the molecule is CCOC(=O)C1=C(C)N=c2s/c(=C\c3ccc(-c4ccc(C(=O)O)c(Cl)c4)o3)c(=O)n2[C@@H]1c1cc(OC)ccc1OC. The van der Waals surface area contributed by atoms with E-state index in [1.165, 1.54) is 30.9 Å². The topological polar surface area (TPSA) is 130 Å². The van der Waals surface area contributed by atoms with Gasteiger partial charge in [0.1, 0.15) is 29.1 Å².